The van der Waals surface area contributed by atoms with Crippen molar-refractivity contribution in [1.29, 1.82) is 0 Å². The van der Waals surface area contributed by atoms with Gasteiger partial charge in [0, 0.05) is 11.4 Å². The number of benzene rings is 1. The van der Waals surface area contributed by atoms with Crippen LogP contribution in [0.5, 0.6) is 0 Å². The molecule has 0 saturated heterocycles. The smallest absolute Gasteiger partial charge is 0.0442 e. The van der Waals surface area contributed by atoms with E-state index in [4.69, 9.17) is 4.98 Å². The van der Waals surface area contributed by atoms with Crippen molar-refractivity contribution in [3.05, 3.63) is 64.5 Å². The average molecular weight is 309 g/mol. The van der Waals surface area contributed by atoms with Gasteiger partial charge < -0.3 is 0 Å². The van der Waals surface area contributed by atoms with Gasteiger partial charge in [0.05, 0.1) is 0 Å². The Balaban J connectivity index is 2.25. The van der Waals surface area contributed by atoms with Crippen LogP contribution in [0.1, 0.15) is 68.1 Å². The van der Waals surface area contributed by atoms with E-state index in [-0.39, 0.29) is 0 Å². The fourth-order valence-electron chi connectivity index (χ4n) is 3.23. The summed E-state index contributed by atoms with van der Waals surface area (Å²) >= 11 is 0. The Morgan fingerprint density at radius 3 is 1.78 bits per heavy atom. The van der Waals surface area contributed by atoms with Gasteiger partial charge in [-0.2, -0.15) is 0 Å². The van der Waals surface area contributed by atoms with E-state index < -0.39 is 0 Å². The molecule has 0 radical (unpaired) electrons. The molecule has 0 N–H and O–H groups in total. The van der Waals surface area contributed by atoms with Crippen LogP contribution < -0.4 is 0 Å². The summed E-state index contributed by atoms with van der Waals surface area (Å²) in [7, 11) is 0. The minimum absolute atomic E-state index is 1.06. The standard InChI is InChI=1S/C22H31N/c1-4-10-19-17-20(11-5-2)22(23-21(19)12-6-3)16-15-18-13-8-7-9-14-18/h7-9,13-14,17H,4-6,10-12,15-16H2,1-3H3. The van der Waals surface area contributed by atoms with E-state index in [0.717, 1.165) is 32.1 Å². The van der Waals surface area contributed by atoms with Crippen LogP contribution in [-0.2, 0) is 32.1 Å². The maximum atomic E-state index is 5.11. The first-order valence-electron chi connectivity index (χ1n) is 9.32. The zero-order chi connectivity index (χ0) is 16.5. The van der Waals surface area contributed by atoms with Crippen molar-refractivity contribution in [1.82, 2.24) is 4.98 Å². The fourth-order valence-corrected chi connectivity index (χ4v) is 3.23. The van der Waals surface area contributed by atoms with Gasteiger partial charge in [-0.1, -0.05) is 76.4 Å². The third-order valence-electron chi connectivity index (χ3n) is 4.38. The Morgan fingerprint density at radius 1 is 0.652 bits per heavy atom. The quantitative estimate of drug-likeness (QED) is 0.577. The molecule has 2 aromatic rings. The molecule has 0 saturated carbocycles. The highest BCUT2D eigenvalue weighted by Crippen LogP contribution is 2.20. The van der Waals surface area contributed by atoms with Crippen molar-refractivity contribution in [3.8, 4) is 0 Å². The van der Waals surface area contributed by atoms with Crippen molar-refractivity contribution in [2.24, 2.45) is 0 Å². The van der Waals surface area contributed by atoms with Gasteiger partial charge in [-0.25, -0.2) is 0 Å². The summed E-state index contributed by atoms with van der Waals surface area (Å²) in [6, 6.07) is 13.2. The maximum Gasteiger partial charge on any atom is 0.0442 e. The van der Waals surface area contributed by atoms with Crippen LogP contribution in [0.4, 0.5) is 0 Å². The summed E-state index contributed by atoms with van der Waals surface area (Å²) in [6.45, 7) is 6.78. The second kappa shape index (κ2) is 9.50. The van der Waals surface area contributed by atoms with E-state index >= 15 is 0 Å². The van der Waals surface area contributed by atoms with Crippen molar-refractivity contribution in [3.63, 3.8) is 0 Å². The van der Waals surface area contributed by atoms with Gasteiger partial charge in [-0.15, -0.1) is 0 Å². The second-order valence-corrected chi connectivity index (χ2v) is 6.44. The molecule has 0 atom stereocenters. The predicted octanol–water partition coefficient (Wildman–Crippen LogP) is 5.72. The summed E-state index contributed by atoms with van der Waals surface area (Å²) in [6.07, 6.45) is 9.14. The number of nitrogens with zero attached hydrogens (tertiary/aromatic N) is 1. The normalized spacial score (nSPS) is 10.9. The van der Waals surface area contributed by atoms with Gasteiger partial charge >= 0.3 is 0 Å². The summed E-state index contributed by atoms with van der Waals surface area (Å²) < 4.78 is 0. The van der Waals surface area contributed by atoms with E-state index in [1.54, 1.807) is 0 Å². The highest BCUT2D eigenvalue weighted by molar-refractivity contribution is 5.32. The first-order chi connectivity index (χ1) is 11.3. The monoisotopic (exact) mass is 309 g/mol. The molecule has 1 nitrogen and oxygen atoms in total. The van der Waals surface area contributed by atoms with Crippen LogP contribution in [0, 0.1) is 0 Å². The molecule has 1 aromatic carbocycles. The summed E-state index contributed by atoms with van der Waals surface area (Å²) in [4.78, 5) is 5.11. The van der Waals surface area contributed by atoms with Crippen LogP contribution in [0.15, 0.2) is 36.4 Å². The lowest BCUT2D eigenvalue weighted by atomic mass is 9.96. The van der Waals surface area contributed by atoms with Gasteiger partial charge in [-0.3, -0.25) is 4.98 Å². The lowest BCUT2D eigenvalue weighted by molar-refractivity contribution is 0.777. The second-order valence-electron chi connectivity index (χ2n) is 6.44. The largest absolute Gasteiger partial charge is 0.257 e. The van der Waals surface area contributed by atoms with Crippen molar-refractivity contribution < 1.29 is 0 Å². The fraction of sp³-hybridized carbons (Fsp3) is 0.500. The predicted molar refractivity (Wildman–Crippen MR) is 100 cm³/mol. The minimum Gasteiger partial charge on any atom is -0.257 e. The Hall–Kier alpha value is -1.63. The zero-order valence-corrected chi connectivity index (χ0v) is 15.1. The Labute approximate surface area is 142 Å². The molecule has 0 aliphatic rings. The molecule has 0 fully saturated rings. The summed E-state index contributed by atoms with van der Waals surface area (Å²) in [5.74, 6) is 0. The molecule has 0 spiro atoms. The van der Waals surface area contributed by atoms with Crippen molar-refractivity contribution in [2.75, 3.05) is 0 Å². The van der Waals surface area contributed by atoms with Gasteiger partial charge in [0.2, 0.25) is 0 Å². The Bertz CT molecular complexity index is 586. The molecule has 0 amide bonds. The van der Waals surface area contributed by atoms with Gasteiger partial charge in [-0.05, 0) is 48.8 Å². The van der Waals surface area contributed by atoms with Gasteiger partial charge in [0.1, 0.15) is 0 Å². The highest BCUT2D eigenvalue weighted by Gasteiger charge is 2.11. The molecule has 1 aromatic heterocycles. The van der Waals surface area contributed by atoms with Crippen LogP contribution >= 0.6 is 0 Å². The lowest BCUT2D eigenvalue weighted by Gasteiger charge is -2.15. The van der Waals surface area contributed by atoms with Gasteiger partial charge in [0.15, 0.2) is 0 Å². The SMILES string of the molecule is CCCc1cc(CCC)c(CCc2ccccc2)nc1CCC. The molecule has 0 bridgehead atoms. The minimum atomic E-state index is 1.06. The van der Waals surface area contributed by atoms with E-state index in [0.29, 0.717) is 0 Å². The average Bonchev–Trinajstić information content (AvgIpc) is 2.57. The molecular weight excluding hydrogens is 278 g/mol. The van der Waals surface area contributed by atoms with Crippen LogP contribution in [-0.4, -0.2) is 4.98 Å². The van der Waals surface area contributed by atoms with Crippen LogP contribution in [0.3, 0.4) is 0 Å². The number of pyridine rings is 1. The molecule has 124 valence electrons. The number of hydrogen-bond acceptors (Lipinski definition) is 1. The van der Waals surface area contributed by atoms with E-state index in [9.17, 15) is 0 Å². The molecule has 1 heteroatoms. The van der Waals surface area contributed by atoms with Crippen molar-refractivity contribution in [2.45, 2.75) is 72.1 Å². The number of hydrogen-bond donors (Lipinski definition) is 0. The summed E-state index contributed by atoms with van der Waals surface area (Å²) in [5.41, 5.74) is 7.05. The molecule has 0 unspecified atom stereocenters. The Kier molecular flexibility index (Phi) is 7.32. The molecule has 1 heterocycles. The highest BCUT2D eigenvalue weighted by atomic mass is 14.7. The Morgan fingerprint density at radius 2 is 1.22 bits per heavy atom. The van der Waals surface area contributed by atoms with Crippen molar-refractivity contribution >= 4 is 0 Å². The number of aromatic nitrogens is 1. The molecular formula is C22H31N. The van der Waals surface area contributed by atoms with E-state index in [1.807, 2.05) is 0 Å². The molecule has 23 heavy (non-hydrogen) atoms. The third-order valence-corrected chi connectivity index (χ3v) is 4.38. The maximum absolute atomic E-state index is 5.11. The summed E-state index contributed by atoms with van der Waals surface area (Å²) in [5, 5.41) is 0. The third kappa shape index (κ3) is 5.20. The van der Waals surface area contributed by atoms with Gasteiger partial charge in [0.25, 0.3) is 0 Å². The molecule has 2 rings (SSSR count). The molecule has 0 aliphatic heterocycles. The van der Waals surface area contributed by atoms with Crippen LogP contribution in [0.25, 0.3) is 0 Å². The number of rotatable bonds is 9. The lowest BCUT2D eigenvalue weighted by Crippen LogP contribution is -2.07. The van der Waals surface area contributed by atoms with Crippen LogP contribution in [0.2, 0.25) is 0 Å². The topological polar surface area (TPSA) is 12.9 Å². The van der Waals surface area contributed by atoms with E-state index in [1.165, 1.54) is 47.3 Å². The number of aryl methyl sites for hydroxylation is 5. The zero-order valence-electron chi connectivity index (χ0n) is 15.1. The first kappa shape index (κ1) is 17.7. The van der Waals surface area contributed by atoms with E-state index in [2.05, 4.69) is 57.2 Å². The molecule has 0 aliphatic carbocycles. The first-order valence-corrected chi connectivity index (χ1v) is 9.32.